The highest BCUT2D eigenvalue weighted by molar-refractivity contribution is 5.77. The first-order chi connectivity index (χ1) is 6.81. The number of carbonyl (C=O) groups excluding carboxylic acids is 2. The summed E-state index contributed by atoms with van der Waals surface area (Å²) < 4.78 is 0. The van der Waals surface area contributed by atoms with Crippen LogP contribution in [0.3, 0.4) is 0 Å². The Morgan fingerprint density at radius 3 is 1.14 bits per heavy atom. The maximum absolute atomic E-state index is 10.2. The van der Waals surface area contributed by atoms with Crippen molar-refractivity contribution in [3.8, 4) is 0 Å². The number of benzene rings is 1. The van der Waals surface area contributed by atoms with E-state index in [9.17, 15) is 4.79 Å². The van der Waals surface area contributed by atoms with Crippen molar-refractivity contribution in [2.45, 2.75) is 26.7 Å². The van der Waals surface area contributed by atoms with Gasteiger partial charge in [0.25, 0.3) is 0 Å². The van der Waals surface area contributed by atoms with Crippen LogP contribution in [0.25, 0.3) is 0 Å². The molecule has 0 atom stereocenters. The van der Waals surface area contributed by atoms with E-state index in [2.05, 4.69) is 0 Å². The molecule has 0 aliphatic carbocycles. The van der Waals surface area contributed by atoms with Crippen LogP contribution in [-0.2, 0) is 9.59 Å². The molecule has 2 heteroatoms. The van der Waals surface area contributed by atoms with Crippen LogP contribution in [0.15, 0.2) is 36.4 Å². The van der Waals surface area contributed by atoms with Gasteiger partial charge in [0.1, 0.15) is 12.6 Å². The monoisotopic (exact) mass is 194 g/mol. The fraction of sp³-hybridized carbons (Fsp3) is 0.333. The quantitative estimate of drug-likeness (QED) is 0.725. The Bertz CT molecular complexity index is 174. The van der Waals surface area contributed by atoms with Crippen molar-refractivity contribution < 1.29 is 9.59 Å². The second-order valence-electron chi connectivity index (χ2n) is 2.40. The Kier molecular flexibility index (Phi) is 15.2. The van der Waals surface area contributed by atoms with E-state index in [-0.39, 0.29) is 0 Å². The van der Waals surface area contributed by atoms with Crippen LogP contribution in [0.2, 0.25) is 0 Å². The number of carbonyl (C=O) groups is 2. The number of hydrogen-bond donors (Lipinski definition) is 0. The van der Waals surface area contributed by atoms with Gasteiger partial charge in [0.05, 0.1) is 0 Å². The Morgan fingerprint density at radius 1 is 0.857 bits per heavy atom. The average molecular weight is 194 g/mol. The molecular weight excluding hydrogens is 176 g/mol. The highest BCUT2D eigenvalue weighted by atomic mass is 16.1. The van der Waals surface area contributed by atoms with Crippen molar-refractivity contribution in [2.75, 3.05) is 0 Å². The molecule has 0 spiro atoms. The second kappa shape index (κ2) is 14.1. The van der Waals surface area contributed by atoms with Gasteiger partial charge in [-0.3, -0.25) is 4.79 Å². The molecular formula is C12H18O2. The van der Waals surface area contributed by atoms with E-state index < -0.39 is 0 Å². The lowest BCUT2D eigenvalue weighted by atomic mass is 10.3. The predicted octanol–water partition coefficient (Wildman–Crippen LogP) is 2.88. The van der Waals surface area contributed by atoms with E-state index in [0.717, 1.165) is 0 Å². The standard InChI is InChI=1S/C6H6.C5H10O.CH2O/c1-2-4-6-5-3-1;1-3-5(6)4-2;1-2/h1-6H;3-4H2,1-2H3;1H2. The van der Waals surface area contributed by atoms with Crippen molar-refractivity contribution in [1.29, 1.82) is 0 Å². The van der Waals surface area contributed by atoms with E-state index in [1.54, 1.807) is 0 Å². The highest BCUT2D eigenvalue weighted by Crippen LogP contribution is 1.83. The lowest BCUT2D eigenvalue weighted by Crippen LogP contribution is -1.88. The van der Waals surface area contributed by atoms with Gasteiger partial charge in [0.2, 0.25) is 0 Å². The zero-order valence-electron chi connectivity index (χ0n) is 8.90. The van der Waals surface area contributed by atoms with Crippen LogP contribution < -0.4 is 0 Å². The maximum atomic E-state index is 10.2. The summed E-state index contributed by atoms with van der Waals surface area (Å²) in [4.78, 5) is 18.2. The van der Waals surface area contributed by atoms with Crippen LogP contribution in [0, 0.1) is 0 Å². The fourth-order valence-electron chi connectivity index (χ4n) is 0.635. The predicted molar refractivity (Wildman–Crippen MR) is 59.2 cm³/mol. The van der Waals surface area contributed by atoms with Gasteiger partial charge in [-0.25, -0.2) is 0 Å². The van der Waals surface area contributed by atoms with Crippen molar-refractivity contribution in [3.05, 3.63) is 36.4 Å². The summed E-state index contributed by atoms with van der Waals surface area (Å²) in [6.45, 7) is 5.76. The zero-order chi connectivity index (χ0) is 11.2. The topological polar surface area (TPSA) is 34.1 Å². The molecule has 14 heavy (non-hydrogen) atoms. The first kappa shape index (κ1) is 15.1. The largest absolute Gasteiger partial charge is 0.307 e. The van der Waals surface area contributed by atoms with Gasteiger partial charge in [0, 0.05) is 12.8 Å². The van der Waals surface area contributed by atoms with E-state index in [1.807, 2.05) is 57.0 Å². The summed E-state index contributed by atoms with van der Waals surface area (Å²) >= 11 is 0. The van der Waals surface area contributed by atoms with Crippen LogP contribution in [0.4, 0.5) is 0 Å². The molecule has 1 aromatic rings. The molecule has 1 rings (SSSR count). The Balaban J connectivity index is 0. The number of hydrogen-bond acceptors (Lipinski definition) is 2. The van der Waals surface area contributed by atoms with E-state index in [4.69, 9.17) is 4.79 Å². The molecule has 0 unspecified atom stereocenters. The minimum absolute atomic E-state index is 0.343. The molecule has 0 heterocycles. The molecule has 0 aliphatic rings. The lowest BCUT2D eigenvalue weighted by Gasteiger charge is -1.81. The molecule has 0 aromatic heterocycles. The van der Waals surface area contributed by atoms with Gasteiger partial charge in [-0.05, 0) is 0 Å². The SMILES string of the molecule is C=O.CCC(=O)CC.c1ccccc1. The van der Waals surface area contributed by atoms with Crippen LogP contribution in [0.1, 0.15) is 26.7 Å². The molecule has 0 radical (unpaired) electrons. The molecule has 0 saturated heterocycles. The van der Waals surface area contributed by atoms with Crippen molar-refractivity contribution in [2.24, 2.45) is 0 Å². The third-order valence-corrected chi connectivity index (χ3v) is 1.46. The van der Waals surface area contributed by atoms with Gasteiger partial charge >= 0.3 is 0 Å². The summed E-state index contributed by atoms with van der Waals surface area (Å²) in [5.74, 6) is 0.343. The number of rotatable bonds is 2. The summed E-state index contributed by atoms with van der Waals surface area (Å²) in [5, 5.41) is 0. The maximum Gasteiger partial charge on any atom is 0.132 e. The first-order valence-corrected chi connectivity index (χ1v) is 4.61. The van der Waals surface area contributed by atoms with Gasteiger partial charge < -0.3 is 4.79 Å². The molecule has 0 amide bonds. The zero-order valence-corrected chi connectivity index (χ0v) is 8.90. The van der Waals surface area contributed by atoms with E-state index in [0.29, 0.717) is 18.6 Å². The Labute approximate surface area is 86.0 Å². The van der Waals surface area contributed by atoms with Crippen molar-refractivity contribution >= 4 is 12.6 Å². The summed E-state index contributed by atoms with van der Waals surface area (Å²) in [7, 11) is 0. The normalized spacial score (nSPS) is 7.29. The highest BCUT2D eigenvalue weighted by Gasteiger charge is 1.86. The van der Waals surface area contributed by atoms with Crippen LogP contribution in [-0.4, -0.2) is 12.6 Å². The Hall–Kier alpha value is -1.44. The third-order valence-electron chi connectivity index (χ3n) is 1.46. The second-order valence-corrected chi connectivity index (χ2v) is 2.40. The van der Waals surface area contributed by atoms with Crippen molar-refractivity contribution in [3.63, 3.8) is 0 Å². The smallest absolute Gasteiger partial charge is 0.132 e. The summed E-state index contributed by atoms with van der Waals surface area (Å²) in [6.07, 6.45) is 1.38. The molecule has 0 N–H and O–H groups in total. The van der Waals surface area contributed by atoms with E-state index in [1.165, 1.54) is 0 Å². The summed E-state index contributed by atoms with van der Waals surface area (Å²) in [6, 6.07) is 12.0. The molecule has 78 valence electrons. The van der Waals surface area contributed by atoms with Gasteiger partial charge in [-0.15, -0.1) is 0 Å². The molecule has 0 bridgehead atoms. The van der Waals surface area contributed by atoms with Gasteiger partial charge in [0.15, 0.2) is 0 Å². The van der Waals surface area contributed by atoms with Gasteiger partial charge in [-0.1, -0.05) is 50.2 Å². The number of ketones is 1. The molecule has 0 aliphatic heterocycles. The summed E-state index contributed by atoms with van der Waals surface area (Å²) in [5.41, 5.74) is 0. The molecule has 0 fully saturated rings. The first-order valence-electron chi connectivity index (χ1n) is 4.61. The average Bonchev–Trinajstić information content (AvgIpc) is 2.33. The fourth-order valence-corrected chi connectivity index (χ4v) is 0.635. The third kappa shape index (κ3) is 13.2. The minimum atomic E-state index is 0.343. The van der Waals surface area contributed by atoms with Crippen molar-refractivity contribution in [1.82, 2.24) is 0 Å². The molecule has 2 nitrogen and oxygen atoms in total. The van der Waals surface area contributed by atoms with Crippen LogP contribution in [0.5, 0.6) is 0 Å². The van der Waals surface area contributed by atoms with E-state index >= 15 is 0 Å². The van der Waals surface area contributed by atoms with Gasteiger partial charge in [-0.2, -0.15) is 0 Å². The minimum Gasteiger partial charge on any atom is -0.307 e. The number of Topliss-reactive ketones (excluding diaryl/α,β-unsaturated/α-hetero) is 1. The lowest BCUT2D eigenvalue weighted by molar-refractivity contribution is -0.118. The van der Waals surface area contributed by atoms with Crippen LogP contribution >= 0.6 is 0 Å². The Morgan fingerprint density at radius 2 is 1.07 bits per heavy atom. The molecule has 1 aromatic carbocycles. The molecule has 0 saturated carbocycles.